The van der Waals surface area contributed by atoms with Gasteiger partial charge in [-0.15, -0.1) is 11.6 Å². The van der Waals surface area contributed by atoms with E-state index in [0.717, 1.165) is 24.8 Å². The molecule has 1 aromatic carbocycles. The van der Waals surface area contributed by atoms with Crippen LogP contribution in [0.4, 0.5) is 4.39 Å². The van der Waals surface area contributed by atoms with Gasteiger partial charge in [-0.2, -0.15) is 0 Å². The number of alkyl halides is 1. The van der Waals surface area contributed by atoms with Crippen LogP contribution in [0.2, 0.25) is 5.02 Å². The molecular formula is C12H13Cl2F. The SMILES string of the molecule is Fc1cc(Cl)ccc1CC1(CCl)CCC1. The van der Waals surface area contributed by atoms with Crippen LogP contribution in [0, 0.1) is 11.2 Å². The Kier molecular flexibility index (Phi) is 3.22. The van der Waals surface area contributed by atoms with E-state index >= 15 is 0 Å². The zero-order chi connectivity index (χ0) is 10.9. The third kappa shape index (κ3) is 2.29. The molecule has 2 rings (SSSR count). The van der Waals surface area contributed by atoms with Gasteiger partial charge in [0.1, 0.15) is 5.82 Å². The highest BCUT2D eigenvalue weighted by Crippen LogP contribution is 2.44. The maximum atomic E-state index is 13.6. The number of benzene rings is 1. The molecule has 0 N–H and O–H groups in total. The molecule has 1 aromatic rings. The van der Waals surface area contributed by atoms with Crippen LogP contribution in [0.1, 0.15) is 24.8 Å². The van der Waals surface area contributed by atoms with Crippen molar-refractivity contribution in [2.75, 3.05) is 5.88 Å². The fourth-order valence-electron chi connectivity index (χ4n) is 2.10. The fraction of sp³-hybridized carbons (Fsp3) is 0.500. The molecule has 0 amide bonds. The van der Waals surface area contributed by atoms with Crippen molar-refractivity contribution in [3.63, 3.8) is 0 Å². The van der Waals surface area contributed by atoms with Gasteiger partial charge in [-0.3, -0.25) is 0 Å². The summed E-state index contributed by atoms with van der Waals surface area (Å²) >= 11 is 11.6. The lowest BCUT2D eigenvalue weighted by molar-refractivity contribution is 0.164. The van der Waals surface area contributed by atoms with Crippen LogP contribution in [0.15, 0.2) is 18.2 Å². The van der Waals surface area contributed by atoms with Crippen LogP contribution in [0.3, 0.4) is 0 Å². The number of hydrogen-bond donors (Lipinski definition) is 0. The predicted molar refractivity (Wildman–Crippen MR) is 62.1 cm³/mol. The molecule has 0 heterocycles. The summed E-state index contributed by atoms with van der Waals surface area (Å²) in [6.45, 7) is 0. The first-order valence-corrected chi connectivity index (χ1v) is 6.06. The smallest absolute Gasteiger partial charge is 0.127 e. The Morgan fingerprint density at radius 3 is 2.53 bits per heavy atom. The van der Waals surface area contributed by atoms with E-state index in [4.69, 9.17) is 23.2 Å². The van der Waals surface area contributed by atoms with Crippen LogP contribution < -0.4 is 0 Å². The molecule has 0 atom stereocenters. The van der Waals surface area contributed by atoms with Crippen molar-refractivity contribution in [1.82, 2.24) is 0 Å². The van der Waals surface area contributed by atoms with E-state index in [0.29, 0.717) is 10.9 Å². The summed E-state index contributed by atoms with van der Waals surface area (Å²) in [5.74, 6) is 0.411. The van der Waals surface area contributed by atoms with Gasteiger partial charge < -0.3 is 0 Å². The van der Waals surface area contributed by atoms with E-state index in [2.05, 4.69) is 0 Å². The lowest BCUT2D eigenvalue weighted by Crippen LogP contribution is -2.33. The first-order valence-electron chi connectivity index (χ1n) is 5.15. The summed E-state index contributed by atoms with van der Waals surface area (Å²) < 4.78 is 13.6. The summed E-state index contributed by atoms with van der Waals surface area (Å²) in [6, 6.07) is 4.88. The Balaban J connectivity index is 2.16. The maximum absolute atomic E-state index is 13.6. The van der Waals surface area contributed by atoms with Crippen molar-refractivity contribution in [1.29, 1.82) is 0 Å². The minimum Gasteiger partial charge on any atom is -0.207 e. The summed E-state index contributed by atoms with van der Waals surface area (Å²) in [7, 11) is 0. The normalized spacial score (nSPS) is 18.6. The second-order valence-corrected chi connectivity index (χ2v) is 5.10. The van der Waals surface area contributed by atoms with Crippen molar-refractivity contribution >= 4 is 23.2 Å². The molecule has 1 aliphatic carbocycles. The third-order valence-corrected chi connectivity index (χ3v) is 4.08. The molecule has 3 heteroatoms. The van der Waals surface area contributed by atoms with Crippen molar-refractivity contribution in [3.8, 4) is 0 Å². The van der Waals surface area contributed by atoms with Gasteiger partial charge in [0, 0.05) is 10.9 Å². The van der Waals surface area contributed by atoms with Gasteiger partial charge >= 0.3 is 0 Å². The lowest BCUT2D eigenvalue weighted by atomic mass is 9.67. The highest BCUT2D eigenvalue weighted by molar-refractivity contribution is 6.30. The molecule has 0 unspecified atom stereocenters. The van der Waals surface area contributed by atoms with E-state index < -0.39 is 0 Å². The first kappa shape index (κ1) is 11.2. The van der Waals surface area contributed by atoms with E-state index in [1.54, 1.807) is 12.1 Å². The Hall–Kier alpha value is -0.270. The van der Waals surface area contributed by atoms with Crippen molar-refractivity contribution < 1.29 is 4.39 Å². The summed E-state index contributed by atoms with van der Waals surface area (Å²) in [4.78, 5) is 0. The van der Waals surface area contributed by atoms with Gasteiger partial charge in [-0.1, -0.05) is 24.1 Å². The molecule has 1 aliphatic rings. The lowest BCUT2D eigenvalue weighted by Gasteiger charge is -2.40. The molecule has 0 radical (unpaired) electrons. The second kappa shape index (κ2) is 4.31. The van der Waals surface area contributed by atoms with E-state index in [1.807, 2.05) is 0 Å². The van der Waals surface area contributed by atoms with E-state index in [9.17, 15) is 4.39 Å². The van der Waals surface area contributed by atoms with Gasteiger partial charge in [-0.05, 0) is 42.4 Å². The molecule has 1 fully saturated rings. The standard InChI is InChI=1S/C12H13Cl2F/c13-8-12(4-1-5-12)7-9-2-3-10(14)6-11(9)15/h2-3,6H,1,4-5,7-8H2. The summed E-state index contributed by atoms with van der Waals surface area (Å²) in [5.41, 5.74) is 0.871. The van der Waals surface area contributed by atoms with E-state index in [-0.39, 0.29) is 11.2 Å². The Labute approximate surface area is 99.4 Å². The largest absolute Gasteiger partial charge is 0.207 e. The van der Waals surface area contributed by atoms with Crippen molar-refractivity contribution in [3.05, 3.63) is 34.6 Å². The number of hydrogen-bond acceptors (Lipinski definition) is 0. The van der Waals surface area contributed by atoms with E-state index in [1.165, 1.54) is 12.5 Å². The van der Waals surface area contributed by atoms with Crippen molar-refractivity contribution in [2.24, 2.45) is 5.41 Å². The van der Waals surface area contributed by atoms with Gasteiger partial charge in [0.15, 0.2) is 0 Å². The minimum absolute atomic E-state index is 0.135. The second-order valence-electron chi connectivity index (χ2n) is 4.40. The molecule has 0 nitrogen and oxygen atoms in total. The quantitative estimate of drug-likeness (QED) is 0.693. The third-order valence-electron chi connectivity index (χ3n) is 3.28. The molecular weight excluding hydrogens is 234 g/mol. The zero-order valence-corrected chi connectivity index (χ0v) is 9.91. The number of rotatable bonds is 3. The molecule has 0 aromatic heterocycles. The molecule has 1 saturated carbocycles. The number of halogens is 3. The fourth-order valence-corrected chi connectivity index (χ4v) is 2.62. The summed E-state index contributed by atoms with van der Waals surface area (Å²) in [6.07, 6.45) is 4.17. The molecule has 82 valence electrons. The van der Waals surface area contributed by atoms with Gasteiger partial charge in [-0.25, -0.2) is 4.39 Å². The maximum Gasteiger partial charge on any atom is 0.127 e. The van der Waals surface area contributed by atoms with Crippen LogP contribution in [0.5, 0.6) is 0 Å². The van der Waals surface area contributed by atoms with Crippen molar-refractivity contribution in [2.45, 2.75) is 25.7 Å². The summed E-state index contributed by atoms with van der Waals surface area (Å²) in [5, 5.41) is 0.449. The van der Waals surface area contributed by atoms with Crippen LogP contribution >= 0.6 is 23.2 Å². The van der Waals surface area contributed by atoms with Gasteiger partial charge in [0.25, 0.3) is 0 Å². The van der Waals surface area contributed by atoms with Gasteiger partial charge in [0.2, 0.25) is 0 Å². The van der Waals surface area contributed by atoms with Crippen LogP contribution in [0.25, 0.3) is 0 Å². The highest BCUT2D eigenvalue weighted by atomic mass is 35.5. The Morgan fingerprint density at radius 2 is 2.07 bits per heavy atom. The predicted octanol–water partition coefficient (Wildman–Crippen LogP) is 4.43. The molecule has 0 bridgehead atoms. The average Bonchev–Trinajstić information content (AvgIpc) is 2.14. The molecule has 0 saturated heterocycles. The highest BCUT2D eigenvalue weighted by Gasteiger charge is 2.36. The topological polar surface area (TPSA) is 0 Å². The average molecular weight is 247 g/mol. The van der Waals surface area contributed by atoms with Gasteiger partial charge in [0.05, 0.1) is 0 Å². The monoisotopic (exact) mass is 246 g/mol. The first-order chi connectivity index (χ1) is 7.15. The zero-order valence-electron chi connectivity index (χ0n) is 8.40. The molecule has 0 aliphatic heterocycles. The van der Waals surface area contributed by atoms with Crippen LogP contribution in [-0.2, 0) is 6.42 Å². The van der Waals surface area contributed by atoms with Crippen LogP contribution in [-0.4, -0.2) is 5.88 Å². The Bertz CT molecular complexity index is 353. The molecule has 15 heavy (non-hydrogen) atoms. The molecule has 0 spiro atoms. The Morgan fingerprint density at radius 1 is 1.33 bits per heavy atom. The minimum atomic E-state index is -0.209.